The SMILES string of the molecule is Cc1ccc(C2SCC(=O)Nc3c2c(C)nn3-c2ccc(F)cc2)cc1. The predicted octanol–water partition coefficient (Wildman–Crippen LogP) is 4.40. The van der Waals surface area contributed by atoms with Gasteiger partial charge in [-0.2, -0.15) is 5.10 Å². The number of nitrogens with one attached hydrogen (secondary N) is 1. The molecule has 0 aliphatic carbocycles. The summed E-state index contributed by atoms with van der Waals surface area (Å²) in [6.45, 7) is 4.00. The van der Waals surface area contributed by atoms with Gasteiger partial charge in [0.25, 0.3) is 0 Å². The first-order valence-corrected chi connectivity index (χ1v) is 9.41. The van der Waals surface area contributed by atoms with Crippen molar-refractivity contribution >= 4 is 23.5 Å². The molecule has 0 fully saturated rings. The Bertz CT molecular complexity index is 964. The summed E-state index contributed by atoms with van der Waals surface area (Å²) in [5, 5.41) is 7.62. The van der Waals surface area contributed by atoms with Crippen molar-refractivity contribution in [1.29, 1.82) is 0 Å². The molecule has 0 bridgehead atoms. The molecule has 1 aliphatic heterocycles. The van der Waals surface area contributed by atoms with E-state index in [2.05, 4.69) is 41.6 Å². The minimum absolute atomic E-state index is 0.0127. The number of benzene rings is 2. The maximum absolute atomic E-state index is 13.3. The molecule has 1 amide bonds. The molecule has 4 rings (SSSR count). The molecule has 1 unspecified atom stereocenters. The summed E-state index contributed by atoms with van der Waals surface area (Å²) in [5.41, 5.74) is 4.89. The van der Waals surface area contributed by atoms with Gasteiger partial charge in [0.2, 0.25) is 5.91 Å². The van der Waals surface area contributed by atoms with E-state index in [0.717, 1.165) is 16.8 Å². The van der Waals surface area contributed by atoms with Gasteiger partial charge in [-0.15, -0.1) is 11.8 Å². The number of carbonyl (C=O) groups is 1. The van der Waals surface area contributed by atoms with E-state index in [-0.39, 0.29) is 17.0 Å². The topological polar surface area (TPSA) is 46.9 Å². The number of carbonyl (C=O) groups excluding carboxylic acids is 1. The highest BCUT2D eigenvalue weighted by Gasteiger charge is 2.30. The lowest BCUT2D eigenvalue weighted by atomic mass is 10.0. The Morgan fingerprint density at radius 3 is 2.50 bits per heavy atom. The van der Waals surface area contributed by atoms with E-state index in [1.807, 2.05) is 6.92 Å². The number of fused-ring (bicyclic) bond motifs is 1. The predicted molar refractivity (Wildman–Crippen MR) is 102 cm³/mol. The highest BCUT2D eigenvalue weighted by Crippen LogP contribution is 2.43. The first kappa shape index (κ1) is 16.8. The minimum atomic E-state index is -0.305. The van der Waals surface area contributed by atoms with Gasteiger partial charge in [0.05, 0.1) is 22.4 Å². The van der Waals surface area contributed by atoms with E-state index in [0.29, 0.717) is 17.3 Å². The van der Waals surface area contributed by atoms with Crippen LogP contribution in [-0.4, -0.2) is 21.4 Å². The van der Waals surface area contributed by atoms with Crippen LogP contribution in [0.4, 0.5) is 10.2 Å². The number of anilines is 1. The van der Waals surface area contributed by atoms with E-state index in [4.69, 9.17) is 0 Å². The van der Waals surface area contributed by atoms with Crippen molar-refractivity contribution in [2.75, 3.05) is 11.1 Å². The summed E-state index contributed by atoms with van der Waals surface area (Å²) < 4.78 is 15.0. The van der Waals surface area contributed by atoms with Crippen LogP contribution in [-0.2, 0) is 4.79 Å². The normalized spacial score (nSPS) is 16.7. The Morgan fingerprint density at radius 2 is 1.81 bits per heavy atom. The second-order valence-corrected chi connectivity index (χ2v) is 7.48. The molecule has 0 saturated carbocycles. The number of hydrogen-bond donors (Lipinski definition) is 1. The minimum Gasteiger partial charge on any atom is -0.310 e. The van der Waals surface area contributed by atoms with Gasteiger partial charge in [0, 0.05) is 5.56 Å². The van der Waals surface area contributed by atoms with Crippen LogP contribution in [0.3, 0.4) is 0 Å². The third-order valence-corrected chi connectivity index (χ3v) is 5.73. The summed E-state index contributed by atoms with van der Waals surface area (Å²) in [5.74, 6) is 0.667. The lowest BCUT2D eigenvalue weighted by Crippen LogP contribution is -2.15. The van der Waals surface area contributed by atoms with E-state index in [1.54, 1.807) is 28.6 Å². The quantitative estimate of drug-likeness (QED) is 0.730. The second kappa shape index (κ2) is 6.61. The van der Waals surface area contributed by atoms with Crippen LogP contribution in [0.5, 0.6) is 0 Å². The zero-order valence-electron chi connectivity index (χ0n) is 14.5. The van der Waals surface area contributed by atoms with Crippen molar-refractivity contribution in [2.45, 2.75) is 19.1 Å². The third-order valence-electron chi connectivity index (χ3n) is 4.46. The molecule has 0 radical (unpaired) electrons. The van der Waals surface area contributed by atoms with Gasteiger partial charge >= 0.3 is 0 Å². The van der Waals surface area contributed by atoms with E-state index >= 15 is 0 Å². The highest BCUT2D eigenvalue weighted by molar-refractivity contribution is 8.00. The molecule has 4 nitrogen and oxygen atoms in total. The van der Waals surface area contributed by atoms with Gasteiger partial charge in [-0.05, 0) is 43.7 Å². The number of aromatic nitrogens is 2. The summed E-state index contributed by atoms with van der Waals surface area (Å²) in [6.07, 6.45) is 0. The number of amides is 1. The molecule has 0 spiro atoms. The summed E-state index contributed by atoms with van der Waals surface area (Å²) >= 11 is 1.59. The smallest absolute Gasteiger partial charge is 0.235 e. The molecule has 2 heterocycles. The maximum Gasteiger partial charge on any atom is 0.235 e. The Labute approximate surface area is 155 Å². The van der Waals surface area contributed by atoms with Crippen molar-refractivity contribution in [1.82, 2.24) is 9.78 Å². The van der Waals surface area contributed by atoms with Gasteiger partial charge < -0.3 is 5.32 Å². The van der Waals surface area contributed by atoms with Crippen molar-refractivity contribution in [2.24, 2.45) is 0 Å². The van der Waals surface area contributed by atoms with Gasteiger partial charge in [-0.3, -0.25) is 4.79 Å². The number of rotatable bonds is 2. The number of nitrogens with zero attached hydrogens (tertiary/aromatic N) is 2. The molecule has 1 aromatic heterocycles. The van der Waals surface area contributed by atoms with Crippen molar-refractivity contribution in [3.05, 3.63) is 76.7 Å². The van der Waals surface area contributed by atoms with Crippen molar-refractivity contribution < 1.29 is 9.18 Å². The Kier molecular flexibility index (Phi) is 4.28. The molecule has 1 N–H and O–H groups in total. The number of hydrogen-bond acceptors (Lipinski definition) is 3. The van der Waals surface area contributed by atoms with Gasteiger partial charge in [-0.1, -0.05) is 29.8 Å². The Morgan fingerprint density at radius 1 is 1.12 bits per heavy atom. The lowest BCUT2D eigenvalue weighted by molar-refractivity contribution is -0.113. The molecule has 6 heteroatoms. The molecule has 2 aromatic carbocycles. The van der Waals surface area contributed by atoms with E-state index < -0.39 is 0 Å². The largest absolute Gasteiger partial charge is 0.310 e. The number of halogens is 1. The second-order valence-electron chi connectivity index (χ2n) is 6.39. The van der Waals surface area contributed by atoms with Gasteiger partial charge in [-0.25, -0.2) is 9.07 Å². The monoisotopic (exact) mass is 367 g/mol. The van der Waals surface area contributed by atoms with Crippen LogP contribution in [0.1, 0.15) is 27.6 Å². The Balaban J connectivity index is 1.87. The first-order valence-electron chi connectivity index (χ1n) is 8.36. The average molecular weight is 367 g/mol. The molecular formula is C20H18FN3OS. The molecule has 0 saturated heterocycles. The van der Waals surface area contributed by atoms with Crippen molar-refractivity contribution in [3.63, 3.8) is 0 Å². The van der Waals surface area contributed by atoms with Crippen LogP contribution in [0.2, 0.25) is 0 Å². The van der Waals surface area contributed by atoms with Gasteiger partial charge in [0.1, 0.15) is 11.6 Å². The van der Waals surface area contributed by atoms with Crippen LogP contribution in [0, 0.1) is 19.7 Å². The maximum atomic E-state index is 13.3. The van der Waals surface area contributed by atoms with Gasteiger partial charge in [0.15, 0.2) is 0 Å². The summed E-state index contributed by atoms with van der Waals surface area (Å²) in [7, 11) is 0. The fourth-order valence-electron chi connectivity index (χ4n) is 3.16. The zero-order valence-corrected chi connectivity index (χ0v) is 15.3. The highest BCUT2D eigenvalue weighted by atomic mass is 32.2. The molecule has 1 atom stereocenters. The van der Waals surface area contributed by atoms with E-state index in [9.17, 15) is 9.18 Å². The summed E-state index contributed by atoms with van der Waals surface area (Å²) in [6, 6.07) is 14.5. The number of aryl methyl sites for hydroxylation is 2. The average Bonchev–Trinajstić information content (AvgIpc) is 2.83. The molecular weight excluding hydrogens is 349 g/mol. The molecule has 132 valence electrons. The summed E-state index contributed by atoms with van der Waals surface area (Å²) in [4.78, 5) is 12.3. The van der Waals surface area contributed by atoms with Crippen LogP contribution >= 0.6 is 11.8 Å². The van der Waals surface area contributed by atoms with Crippen molar-refractivity contribution in [3.8, 4) is 5.69 Å². The standard InChI is InChI=1S/C20H18FN3OS/c1-12-3-5-14(6-4-12)19-18-13(2)23-24(16-9-7-15(21)8-10-16)20(18)22-17(25)11-26-19/h3-10,19H,11H2,1-2H3,(H,22,25). The molecule has 3 aromatic rings. The molecule has 1 aliphatic rings. The van der Waals surface area contributed by atoms with E-state index in [1.165, 1.54) is 17.7 Å². The molecule has 26 heavy (non-hydrogen) atoms. The fourth-order valence-corrected chi connectivity index (χ4v) is 4.35. The third kappa shape index (κ3) is 3.01. The van der Waals surface area contributed by atoms with Crippen LogP contribution < -0.4 is 5.32 Å². The number of thioether (sulfide) groups is 1. The lowest BCUT2D eigenvalue weighted by Gasteiger charge is -2.15. The van der Waals surface area contributed by atoms with Crippen LogP contribution in [0.15, 0.2) is 48.5 Å². The Hall–Kier alpha value is -2.60. The van der Waals surface area contributed by atoms with Crippen LogP contribution in [0.25, 0.3) is 5.69 Å². The first-order chi connectivity index (χ1) is 12.5. The fraction of sp³-hybridized carbons (Fsp3) is 0.200. The zero-order chi connectivity index (χ0) is 18.3.